The van der Waals surface area contributed by atoms with Gasteiger partial charge in [0.15, 0.2) is 23.2 Å². The number of halogens is 3. The second-order valence-electron chi connectivity index (χ2n) is 7.22. The average molecular weight is 437 g/mol. The highest BCUT2D eigenvalue weighted by Crippen LogP contribution is 2.28. The van der Waals surface area contributed by atoms with Gasteiger partial charge in [0, 0.05) is 45.3 Å². The summed E-state index contributed by atoms with van der Waals surface area (Å²) in [4.78, 5) is 18.3. The molecule has 2 aliphatic rings. The summed E-state index contributed by atoms with van der Waals surface area (Å²) in [6, 6.07) is 2.51. The van der Waals surface area contributed by atoms with E-state index in [4.69, 9.17) is 4.74 Å². The van der Waals surface area contributed by atoms with Crippen molar-refractivity contribution in [1.82, 2.24) is 15.1 Å². The number of carbonyl (C=O) groups is 1. The van der Waals surface area contributed by atoms with Crippen molar-refractivity contribution in [2.45, 2.75) is 0 Å². The second-order valence-corrected chi connectivity index (χ2v) is 7.22. The van der Waals surface area contributed by atoms with Crippen molar-refractivity contribution < 1.29 is 27.4 Å². The molecule has 4 rings (SSSR count). The Morgan fingerprint density at radius 2 is 1.71 bits per heavy atom. The number of piperazine rings is 1. The van der Waals surface area contributed by atoms with E-state index in [1.807, 2.05) is 11.0 Å². The van der Waals surface area contributed by atoms with E-state index in [1.54, 1.807) is 6.20 Å². The monoisotopic (exact) mass is 437 g/mol. The van der Waals surface area contributed by atoms with Crippen LogP contribution in [0, 0.1) is 17.5 Å². The van der Waals surface area contributed by atoms with Crippen molar-refractivity contribution in [3.05, 3.63) is 41.3 Å². The molecule has 31 heavy (non-hydrogen) atoms. The summed E-state index contributed by atoms with van der Waals surface area (Å²) in [6.07, 6.45) is 1.70. The third kappa shape index (κ3) is 4.22. The van der Waals surface area contributed by atoms with Crippen molar-refractivity contribution in [1.29, 1.82) is 0 Å². The Kier molecular flexibility index (Phi) is 6.12. The van der Waals surface area contributed by atoms with Gasteiger partial charge in [-0.3, -0.25) is 4.79 Å². The number of ether oxygens (including phenoxy) is 2. The minimum Gasteiger partial charge on any atom is -0.491 e. The third-order valence-electron chi connectivity index (χ3n) is 5.44. The van der Waals surface area contributed by atoms with E-state index in [1.165, 1.54) is 4.90 Å². The van der Waals surface area contributed by atoms with Crippen LogP contribution >= 0.6 is 0 Å². The molecule has 0 radical (unpaired) electrons. The van der Waals surface area contributed by atoms with E-state index in [2.05, 4.69) is 19.8 Å². The largest absolute Gasteiger partial charge is 0.491 e. The van der Waals surface area contributed by atoms with Gasteiger partial charge >= 0.3 is 0 Å². The highest BCUT2D eigenvalue weighted by atomic mass is 19.2. The molecule has 3 heterocycles. The van der Waals surface area contributed by atoms with Gasteiger partial charge in [0.1, 0.15) is 0 Å². The lowest BCUT2D eigenvalue weighted by atomic mass is 10.1. The normalized spacial score (nSPS) is 17.1. The highest BCUT2D eigenvalue weighted by molar-refractivity contribution is 5.95. The van der Waals surface area contributed by atoms with E-state index in [-0.39, 0.29) is 13.1 Å². The number of morpholine rings is 1. The zero-order chi connectivity index (χ0) is 22.0. The quantitative estimate of drug-likeness (QED) is 0.675. The van der Waals surface area contributed by atoms with E-state index < -0.39 is 34.7 Å². The van der Waals surface area contributed by atoms with Crippen LogP contribution in [0.5, 0.6) is 5.75 Å². The minimum absolute atomic E-state index is 0.267. The summed E-state index contributed by atoms with van der Waals surface area (Å²) in [5.74, 6) is -4.95. The van der Waals surface area contributed by atoms with Crippen molar-refractivity contribution in [3.63, 3.8) is 0 Å². The number of anilines is 2. The molecule has 0 atom stereocenters. The van der Waals surface area contributed by atoms with Crippen LogP contribution in [0.25, 0.3) is 0 Å². The van der Waals surface area contributed by atoms with E-state index in [0.29, 0.717) is 38.2 Å². The number of nitrogens with zero attached hydrogens (tertiary/aromatic N) is 5. The van der Waals surface area contributed by atoms with Crippen LogP contribution < -0.4 is 14.5 Å². The first-order chi connectivity index (χ1) is 15.0. The zero-order valence-electron chi connectivity index (χ0n) is 17.0. The molecule has 0 unspecified atom stereocenters. The third-order valence-corrected chi connectivity index (χ3v) is 5.44. The highest BCUT2D eigenvalue weighted by Gasteiger charge is 2.29. The maximum Gasteiger partial charge on any atom is 0.257 e. The molecule has 0 bridgehead atoms. The van der Waals surface area contributed by atoms with Crippen LogP contribution in [-0.4, -0.2) is 80.6 Å². The molecular weight excluding hydrogens is 415 g/mol. The minimum atomic E-state index is -1.46. The first-order valence-electron chi connectivity index (χ1n) is 9.90. The molecule has 0 saturated carbocycles. The number of rotatable bonds is 4. The van der Waals surface area contributed by atoms with Gasteiger partial charge in [-0.1, -0.05) is 0 Å². The molecule has 2 aromatic rings. The van der Waals surface area contributed by atoms with E-state index >= 15 is 0 Å². The van der Waals surface area contributed by atoms with Crippen molar-refractivity contribution in [2.24, 2.45) is 0 Å². The van der Waals surface area contributed by atoms with Gasteiger partial charge in [0.05, 0.1) is 37.8 Å². The summed E-state index contributed by atoms with van der Waals surface area (Å²) in [7, 11) is 1.01. The van der Waals surface area contributed by atoms with Crippen molar-refractivity contribution in [3.8, 4) is 5.75 Å². The SMILES string of the molecule is COc1c(F)c(F)cc(C(=O)N2CCN(c3cc(N4CCOCC4)cnn3)CC2)c1F. The van der Waals surface area contributed by atoms with Crippen LogP contribution in [0.2, 0.25) is 0 Å². The summed E-state index contributed by atoms with van der Waals surface area (Å²) in [5, 5.41) is 8.28. The van der Waals surface area contributed by atoms with Crippen LogP contribution in [0.15, 0.2) is 18.3 Å². The van der Waals surface area contributed by atoms with Gasteiger partial charge in [-0.15, -0.1) is 5.10 Å². The Hall–Kier alpha value is -3.08. The molecular formula is C20H22F3N5O3. The van der Waals surface area contributed by atoms with Crippen LogP contribution in [0.4, 0.5) is 24.7 Å². The summed E-state index contributed by atoms with van der Waals surface area (Å²) in [5.41, 5.74) is 0.390. The fraction of sp³-hybridized carbons (Fsp3) is 0.450. The number of amides is 1. The Labute approximate surface area is 177 Å². The molecule has 2 saturated heterocycles. The number of benzene rings is 1. The number of hydrogen-bond donors (Lipinski definition) is 0. The van der Waals surface area contributed by atoms with Gasteiger partial charge < -0.3 is 24.2 Å². The van der Waals surface area contributed by atoms with Gasteiger partial charge in [0.2, 0.25) is 5.82 Å². The van der Waals surface area contributed by atoms with Gasteiger partial charge in [-0.25, -0.2) is 8.78 Å². The van der Waals surface area contributed by atoms with Gasteiger partial charge in [-0.05, 0) is 6.07 Å². The van der Waals surface area contributed by atoms with Crippen LogP contribution in [0.1, 0.15) is 10.4 Å². The van der Waals surface area contributed by atoms with Gasteiger partial charge in [-0.2, -0.15) is 9.49 Å². The maximum absolute atomic E-state index is 14.5. The smallest absolute Gasteiger partial charge is 0.257 e. The molecule has 1 amide bonds. The van der Waals surface area contributed by atoms with Gasteiger partial charge in [0.25, 0.3) is 5.91 Å². The predicted molar refractivity (Wildman–Crippen MR) is 106 cm³/mol. The molecule has 8 nitrogen and oxygen atoms in total. The van der Waals surface area contributed by atoms with Crippen LogP contribution in [0.3, 0.4) is 0 Å². The fourth-order valence-corrected chi connectivity index (χ4v) is 3.72. The molecule has 1 aromatic carbocycles. The first kappa shape index (κ1) is 21.2. The summed E-state index contributed by atoms with van der Waals surface area (Å²) < 4.78 is 51.8. The number of methoxy groups -OCH3 is 1. The molecule has 11 heteroatoms. The topological polar surface area (TPSA) is 71.0 Å². The molecule has 0 N–H and O–H groups in total. The Balaban J connectivity index is 1.45. The Bertz CT molecular complexity index is 963. The van der Waals surface area contributed by atoms with E-state index in [9.17, 15) is 18.0 Å². The number of carbonyl (C=O) groups excluding carboxylic acids is 1. The molecule has 1 aromatic heterocycles. The fourth-order valence-electron chi connectivity index (χ4n) is 3.72. The van der Waals surface area contributed by atoms with Crippen molar-refractivity contribution in [2.75, 3.05) is 69.4 Å². The van der Waals surface area contributed by atoms with Crippen molar-refractivity contribution >= 4 is 17.4 Å². The standard InChI is InChI=1S/C20H22F3N5O3/c1-30-19-17(22)14(11-15(21)18(19)23)20(29)28-4-2-27(3-5-28)16-10-13(12-24-25-16)26-6-8-31-9-7-26/h10-12H,2-9H2,1H3. The van der Waals surface area contributed by atoms with E-state index in [0.717, 1.165) is 25.9 Å². The second kappa shape index (κ2) is 8.96. The number of hydrogen-bond acceptors (Lipinski definition) is 7. The Morgan fingerprint density at radius 3 is 2.39 bits per heavy atom. The predicted octanol–water partition coefficient (Wildman–Crippen LogP) is 1.70. The average Bonchev–Trinajstić information content (AvgIpc) is 2.82. The Morgan fingerprint density at radius 1 is 1.00 bits per heavy atom. The molecule has 2 fully saturated rings. The summed E-state index contributed by atoms with van der Waals surface area (Å²) in [6.45, 7) is 4.28. The molecule has 0 aliphatic carbocycles. The molecule has 166 valence electrons. The lowest BCUT2D eigenvalue weighted by Crippen LogP contribution is -2.49. The zero-order valence-corrected chi connectivity index (χ0v) is 17.0. The number of aromatic nitrogens is 2. The lowest BCUT2D eigenvalue weighted by Gasteiger charge is -2.36. The first-order valence-corrected chi connectivity index (χ1v) is 9.90. The van der Waals surface area contributed by atoms with Crippen LogP contribution in [-0.2, 0) is 4.74 Å². The summed E-state index contributed by atoms with van der Waals surface area (Å²) >= 11 is 0. The lowest BCUT2D eigenvalue weighted by molar-refractivity contribution is 0.0740. The molecule has 2 aliphatic heterocycles. The maximum atomic E-state index is 14.5. The molecule has 0 spiro atoms.